The van der Waals surface area contributed by atoms with Gasteiger partial charge in [-0.2, -0.15) is 0 Å². The number of nitrogens with zero attached hydrogens (tertiary/aromatic N) is 1. The maximum atomic E-state index is 6.19. The van der Waals surface area contributed by atoms with Crippen LogP contribution in [0.25, 0.3) is 0 Å². The first kappa shape index (κ1) is 13.8. The summed E-state index contributed by atoms with van der Waals surface area (Å²) in [7, 11) is 0. The Labute approximate surface area is 114 Å². The van der Waals surface area contributed by atoms with Crippen molar-refractivity contribution in [1.29, 1.82) is 0 Å². The molecule has 3 nitrogen and oxygen atoms in total. The highest BCUT2D eigenvalue weighted by Crippen LogP contribution is 2.31. The quantitative estimate of drug-likeness (QED) is 0.892. The van der Waals surface area contributed by atoms with Gasteiger partial charge in [0, 0.05) is 25.0 Å². The standard InChI is InChI=1S/C14H21ClN2O/c1-3-17-13(14(2)6-4-8-18-14)9-11-5-7-16-10-12(11)15/h5,7,10,13,17H,3-4,6,8-9H2,1-2H3. The number of aromatic nitrogens is 1. The maximum Gasteiger partial charge on any atom is 0.0810 e. The number of pyridine rings is 1. The second-order valence-corrected chi connectivity index (χ2v) is 5.45. The van der Waals surface area contributed by atoms with Crippen LogP contribution in [0.4, 0.5) is 0 Å². The Morgan fingerprint density at radius 3 is 3.06 bits per heavy atom. The summed E-state index contributed by atoms with van der Waals surface area (Å²) >= 11 is 6.19. The third-order valence-electron chi connectivity index (χ3n) is 3.72. The lowest BCUT2D eigenvalue weighted by molar-refractivity contribution is -0.0110. The molecule has 2 atom stereocenters. The highest BCUT2D eigenvalue weighted by molar-refractivity contribution is 6.31. The fraction of sp³-hybridized carbons (Fsp3) is 0.643. The lowest BCUT2D eigenvalue weighted by Crippen LogP contribution is -2.49. The molecule has 1 saturated heterocycles. The van der Waals surface area contributed by atoms with Gasteiger partial charge >= 0.3 is 0 Å². The number of halogens is 1. The van der Waals surface area contributed by atoms with E-state index in [1.807, 2.05) is 6.07 Å². The van der Waals surface area contributed by atoms with Gasteiger partial charge in [-0.05, 0) is 44.4 Å². The molecule has 2 unspecified atom stereocenters. The first-order chi connectivity index (χ1) is 8.65. The van der Waals surface area contributed by atoms with Crippen LogP contribution in [-0.4, -0.2) is 29.8 Å². The third kappa shape index (κ3) is 3.02. The summed E-state index contributed by atoms with van der Waals surface area (Å²) in [5.41, 5.74) is 1.05. The smallest absolute Gasteiger partial charge is 0.0810 e. The number of likely N-dealkylation sites (N-methyl/N-ethyl adjacent to an activating group) is 1. The Bertz CT molecular complexity index is 391. The first-order valence-corrected chi connectivity index (χ1v) is 6.99. The molecule has 2 rings (SSSR count). The molecule has 1 N–H and O–H groups in total. The van der Waals surface area contributed by atoms with Gasteiger partial charge in [-0.15, -0.1) is 0 Å². The number of nitrogens with one attached hydrogen (secondary N) is 1. The van der Waals surface area contributed by atoms with Crippen molar-refractivity contribution < 1.29 is 4.74 Å². The fourth-order valence-electron chi connectivity index (χ4n) is 2.62. The van der Waals surface area contributed by atoms with E-state index >= 15 is 0 Å². The predicted octanol–water partition coefficient (Wildman–Crippen LogP) is 2.82. The lowest BCUT2D eigenvalue weighted by Gasteiger charge is -2.34. The normalized spacial score (nSPS) is 25.3. The predicted molar refractivity (Wildman–Crippen MR) is 74.0 cm³/mol. The van der Waals surface area contributed by atoms with Gasteiger partial charge in [0.05, 0.1) is 10.6 Å². The summed E-state index contributed by atoms with van der Waals surface area (Å²) in [5.74, 6) is 0. The Balaban J connectivity index is 2.13. The molecule has 4 heteroatoms. The van der Waals surface area contributed by atoms with Crippen LogP contribution in [0.15, 0.2) is 18.5 Å². The largest absolute Gasteiger partial charge is 0.374 e. The van der Waals surface area contributed by atoms with Gasteiger partial charge in [-0.25, -0.2) is 0 Å². The van der Waals surface area contributed by atoms with Crippen molar-refractivity contribution in [2.24, 2.45) is 0 Å². The first-order valence-electron chi connectivity index (χ1n) is 6.61. The summed E-state index contributed by atoms with van der Waals surface area (Å²) < 4.78 is 5.95. The zero-order chi connectivity index (χ0) is 13.0. The van der Waals surface area contributed by atoms with Crippen molar-refractivity contribution in [3.63, 3.8) is 0 Å². The Morgan fingerprint density at radius 1 is 1.61 bits per heavy atom. The Hall–Kier alpha value is -0.640. The number of ether oxygens (including phenoxy) is 1. The van der Waals surface area contributed by atoms with Gasteiger partial charge in [-0.1, -0.05) is 18.5 Å². The molecule has 0 spiro atoms. The molecule has 1 aliphatic rings. The van der Waals surface area contributed by atoms with Crippen molar-refractivity contribution in [2.75, 3.05) is 13.2 Å². The summed E-state index contributed by atoms with van der Waals surface area (Å²) in [6.07, 6.45) is 6.63. The summed E-state index contributed by atoms with van der Waals surface area (Å²) in [6, 6.07) is 2.29. The molecule has 0 bridgehead atoms. The number of hydrogen-bond donors (Lipinski definition) is 1. The maximum absolute atomic E-state index is 6.19. The van der Waals surface area contributed by atoms with Gasteiger partial charge in [0.25, 0.3) is 0 Å². The van der Waals surface area contributed by atoms with Crippen LogP contribution in [0.1, 0.15) is 32.3 Å². The molecule has 18 heavy (non-hydrogen) atoms. The van der Waals surface area contributed by atoms with Gasteiger partial charge in [0.15, 0.2) is 0 Å². The van der Waals surface area contributed by atoms with Crippen molar-refractivity contribution in [2.45, 2.75) is 44.8 Å². The molecule has 1 aliphatic heterocycles. The molecule has 100 valence electrons. The highest BCUT2D eigenvalue weighted by atomic mass is 35.5. The van der Waals surface area contributed by atoms with E-state index in [2.05, 4.69) is 24.1 Å². The average molecular weight is 269 g/mol. The van der Waals surface area contributed by atoms with E-state index < -0.39 is 0 Å². The summed E-state index contributed by atoms with van der Waals surface area (Å²) in [5, 5.41) is 4.27. The van der Waals surface area contributed by atoms with E-state index in [9.17, 15) is 0 Å². The van der Waals surface area contributed by atoms with Gasteiger partial charge < -0.3 is 10.1 Å². The molecule has 1 aromatic rings. The van der Waals surface area contributed by atoms with Crippen molar-refractivity contribution in [1.82, 2.24) is 10.3 Å². The minimum Gasteiger partial charge on any atom is -0.374 e. The van der Waals surface area contributed by atoms with Crippen LogP contribution >= 0.6 is 11.6 Å². The van der Waals surface area contributed by atoms with E-state index in [-0.39, 0.29) is 5.60 Å². The van der Waals surface area contributed by atoms with Crippen LogP contribution in [0.2, 0.25) is 5.02 Å². The molecule has 0 aromatic carbocycles. The van der Waals surface area contributed by atoms with Crippen molar-refractivity contribution in [3.8, 4) is 0 Å². The molecular formula is C14H21ClN2O. The highest BCUT2D eigenvalue weighted by Gasteiger charge is 2.38. The van der Waals surface area contributed by atoms with Crippen molar-refractivity contribution in [3.05, 3.63) is 29.0 Å². The molecule has 1 fully saturated rings. The van der Waals surface area contributed by atoms with E-state index in [0.29, 0.717) is 6.04 Å². The van der Waals surface area contributed by atoms with Gasteiger partial charge in [-0.3, -0.25) is 4.98 Å². The minimum atomic E-state index is -0.0807. The van der Waals surface area contributed by atoms with Crippen LogP contribution in [-0.2, 0) is 11.2 Å². The molecule has 1 aromatic heterocycles. The fourth-order valence-corrected chi connectivity index (χ4v) is 2.81. The Morgan fingerprint density at radius 2 is 2.44 bits per heavy atom. The van der Waals surface area contributed by atoms with Gasteiger partial charge in [0.1, 0.15) is 0 Å². The molecule has 0 radical (unpaired) electrons. The van der Waals surface area contributed by atoms with Gasteiger partial charge in [0.2, 0.25) is 0 Å². The topological polar surface area (TPSA) is 34.2 Å². The second kappa shape index (κ2) is 6.00. The van der Waals surface area contributed by atoms with Crippen molar-refractivity contribution >= 4 is 11.6 Å². The van der Waals surface area contributed by atoms with E-state index in [4.69, 9.17) is 16.3 Å². The van der Waals surface area contributed by atoms with Crippen LogP contribution in [0, 0.1) is 0 Å². The second-order valence-electron chi connectivity index (χ2n) is 5.05. The molecular weight excluding hydrogens is 248 g/mol. The number of rotatable bonds is 5. The number of hydrogen-bond acceptors (Lipinski definition) is 3. The molecule has 2 heterocycles. The zero-order valence-electron chi connectivity index (χ0n) is 11.1. The van der Waals surface area contributed by atoms with E-state index in [0.717, 1.165) is 43.0 Å². The monoisotopic (exact) mass is 268 g/mol. The molecule has 0 amide bonds. The SMILES string of the molecule is CCNC(Cc1ccncc1Cl)C1(C)CCCO1. The minimum absolute atomic E-state index is 0.0807. The zero-order valence-corrected chi connectivity index (χ0v) is 11.8. The summed E-state index contributed by atoms with van der Waals surface area (Å²) in [6.45, 7) is 6.12. The van der Waals surface area contributed by atoms with Crippen LogP contribution < -0.4 is 5.32 Å². The lowest BCUT2D eigenvalue weighted by atomic mass is 9.88. The van der Waals surface area contributed by atoms with E-state index in [1.54, 1.807) is 12.4 Å². The van der Waals surface area contributed by atoms with E-state index in [1.165, 1.54) is 0 Å². The average Bonchev–Trinajstić information content (AvgIpc) is 2.79. The van der Waals surface area contributed by atoms with Crippen LogP contribution in [0.3, 0.4) is 0 Å². The Kier molecular flexibility index (Phi) is 4.60. The molecule has 0 aliphatic carbocycles. The van der Waals surface area contributed by atoms with Crippen LogP contribution in [0.5, 0.6) is 0 Å². The summed E-state index contributed by atoms with van der Waals surface area (Å²) in [4.78, 5) is 4.03. The third-order valence-corrected chi connectivity index (χ3v) is 4.06. The molecule has 0 saturated carbocycles.